The van der Waals surface area contributed by atoms with Crippen molar-refractivity contribution in [3.05, 3.63) is 34.9 Å². The second-order valence-corrected chi connectivity index (χ2v) is 4.14. The van der Waals surface area contributed by atoms with Crippen LogP contribution in [0.25, 0.3) is 0 Å². The third kappa shape index (κ3) is 3.39. The van der Waals surface area contributed by atoms with E-state index in [0.29, 0.717) is 12.8 Å². The molecule has 0 amide bonds. The normalized spacial score (nSPS) is 12.5. The zero-order valence-corrected chi connectivity index (χ0v) is 9.58. The zero-order chi connectivity index (χ0) is 11.4. The van der Waals surface area contributed by atoms with E-state index in [1.807, 2.05) is 20.8 Å². The van der Waals surface area contributed by atoms with Crippen LogP contribution in [0.2, 0.25) is 0 Å². The van der Waals surface area contributed by atoms with Crippen molar-refractivity contribution in [2.75, 3.05) is 0 Å². The minimum absolute atomic E-state index is 0.258. The molecule has 82 valence electrons. The maximum Gasteiger partial charge on any atom is 0.306 e. The summed E-state index contributed by atoms with van der Waals surface area (Å²) in [5.74, 6) is -0.956. The molecule has 0 aromatic heterocycles. The van der Waals surface area contributed by atoms with Gasteiger partial charge in [-0.25, -0.2) is 0 Å². The Balaban J connectivity index is 2.83. The molecule has 0 aliphatic carbocycles. The molecule has 0 aliphatic rings. The predicted molar refractivity (Wildman–Crippen MR) is 61.0 cm³/mol. The van der Waals surface area contributed by atoms with Crippen molar-refractivity contribution in [2.45, 2.75) is 33.6 Å². The first kappa shape index (κ1) is 11.8. The maximum atomic E-state index is 10.9. The minimum Gasteiger partial charge on any atom is -0.481 e. The summed E-state index contributed by atoms with van der Waals surface area (Å²) < 4.78 is 0. The highest BCUT2D eigenvalue weighted by Gasteiger charge is 2.15. The highest BCUT2D eigenvalue weighted by atomic mass is 16.4. The van der Waals surface area contributed by atoms with Crippen molar-refractivity contribution in [3.63, 3.8) is 0 Å². The van der Waals surface area contributed by atoms with Gasteiger partial charge in [0.1, 0.15) is 0 Å². The van der Waals surface area contributed by atoms with Crippen molar-refractivity contribution in [1.29, 1.82) is 0 Å². The Morgan fingerprint density at radius 1 is 1.27 bits per heavy atom. The number of hydrogen-bond donors (Lipinski definition) is 1. The molecule has 0 saturated carbocycles. The van der Waals surface area contributed by atoms with E-state index in [1.54, 1.807) is 0 Å². The predicted octanol–water partition coefficient (Wildman–Crippen LogP) is 2.96. The number of aliphatic carboxylic acids is 1. The maximum absolute atomic E-state index is 10.9. The molecule has 0 radical (unpaired) electrons. The van der Waals surface area contributed by atoms with Crippen LogP contribution in [0, 0.1) is 19.8 Å². The molecule has 1 atom stereocenters. The Morgan fingerprint density at radius 2 is 1.80 bits per heavy atom. The highest BCUT2D eigenvalue weighted by Crippen LogP contribution is 2.15. The van der Waals surface area contributed by atoms with Gasteiger partial charge in [0.15, 0.2) is 0 Å². The summed E-state index contributed by atoms with van der Waals surface area (Å²) in [6.07, 6.45) is 1.32. The minimum atomic E-state index is -0.698. The lowest BCUT2D eigenvalue weighted by Gasteiger charge is -2.10. The molecule has 0 saturated heterocycles. The van der Waals surface area contributed by atoms with Crippen molar-refractivity contribution >= 4 is 5.97 Å². The molecule has 0 fully saturated rings. The Morgan fingerprint density at radius 3 is 2.20 bits per heavy atom. The van der Waals surface area contributed by atoms with Crippen LogP contribution in [-0.2, 0) is 11.2 Å². The van der Waals surface area contributed by atoms with Gasteiger partial charge in [-0.3, -0.25) is 4.79 Å². The van der Waals surface area contributed by atoms with Crippen LogP contribution in [0.5, 0.6) is 0 Å². The number of aryl methyl sites for hydroxylation is 2. The average molecular weight is 206 g/mol. The lowest BCUT2D eigenvalue weighted by Crippen LogP contribution is -2.15. The van der Waals surface area contributed by atoms with Crippen LogP contribution in [0.15, 0.2) is 18.2 Å². The van der Waals surface area contributed by atoms with Gasteiger partial charge < -0.3 is 5.11 Å². The van der Waals surface area contributed by atoms with Gasteiger partial charge in [0.2, 0.25) is 0 Å². The Labute approximate surface area is 90.9 Å². The first-order chi connectivity index (χ1) is 7.02. The molecule has 2 heteroatoms. The van der Waals surface area contributed by atoms with Crippen molar-refractivity contribution < 1.29 is 9.90 Å². The standard InChI is InChI=1S/C13H18O2/c1-4-12(13(14)15)8-11-6-9(2)5-10(3)7-11/h5-7,12H,4,8H2,1-3H3,(H,14,15). The molecule has 1 unspecified atom stereocenters. The largest absolute Gasteiger partial charge is 0.481 e. The highest BCUT2D eigenvalue weighted by molar-refractivity contribution is 5.70. The molecule has 1 aromatic carbocycles. The van der Waals surface area contributed by atoms with Gasteiger partial charge in [0.25, 0.3) is 0 Å². The average Bonchev–Trinajstić information content (AvgIpc) is 2.12. The third-order valence-corrected chi connectivity index (χ3v) is 2.61. The molecule has 2 nitrogen and oxygen atoms in total. The number of hydrogen-bond acceptors (Lipinski definition) is 1. The van der Waals surface area contributed by atoms with E-state index in [1.165, 1.54) is 11.1 Å². The smallest absolute Gasteiger partial charge is 0.306 e. The van der Waals surface area contributed by atoms with Gasteiger partial charge in [0, 0.05) is 0 Å². The second-order valence-electron chi connectivity index (χ2n) is 4.14. The molecule has 0 bridgehead atoms. The van der Waals surface area contributed by atoms with Gasteiger partial charge >= 0.3 is 5.97 Å². The molecule has 15 heavy (non-hydrogen) atoms. The van der Waals surface area contributed by atoms with Crippen molar-refractivity contribution in [3.8, 4) is 0 Å². The molecule has 1 rings (SSSR count). The monoisotopic (exact) mass is 206 g/mol. The Hall–Kier alpha value is -1.31. The van der Waals surface area contributed by atoms with E-state index in [9.17, 15) is 4.79 Å². The fraction of sp³-hybridized carbons (Fsp3) is 0.462. The number of carboxylic acid groups (broad SMARTS) is 1. The summed E-state index contributed by atoms with van der Waals surface area (Å²) in [6.45, 7) is 6.00. The van der Waals surface area contributed by atoms with E-state index in [-0.39, 0.29) is 5.92 Å². The van der Waals surface area contributed by atoms with E-state index in [0.717, 1.165) is 5.56 Å². The quantitative estimate of drug-likeness (QED) is 0.822. The Bertz CT molecular complexity index is 335. The topological polar surface area (TPSA) is 37.3 Å². The Kier molecular flexibility index (Phi) is 3.89. The van der Waals surface area contributed by atoms with Crippen LogP contribution in [-0.4, -0.2) is 11.1 Å². The molecule has 1 aromatic rings. The van der Waals surface area contributed by atoms with Crippen LogP contribution >= 0.6 is 0 Å². The van der Waals surface area contributed by atoms with Gasteiger partial charge in [-0.05, 0) is 32.3 Å². The van der Waals surface area contributed by atoms with Crippen LogP contribution in [0.1, 0.15) is 30.0 Å². The molecule has 0 heterocycles. The second kappa shape index (κ2) is 4.96. The SMILES string of the molecule is CCC(Cc1cc(C)cc(C)c1)C(=O)O. The molecule has 1 N–H and O–H groups in total. The summed E-state index contributed by atoms with van der Waals surface area (Å²) in [7, 11) is 0. The van der Waals surface area contributed by atoms with Gasteiger partial charge in [-0.1, -0.05) is 36.2 Å². The van der Waals surface area contributed by atoms with E-state index < -0.39 is 5.97 Å². The van der Waals surface area contributed by atoms with Crippen molar-refractivity contribution in [1.82, 2.24) is 0 Å². The first-order valence-corrected chi connectivity index (χ1v) is 5.33. The van der Waals surface area contributed by atoms with E-state index in [4.69, 9.17) is 5.11 Å². The summed E-state index contributed by atoms with van der Waals surface area (Å²) in [5, 5.41) is 8.97. The molecule has 0 spiro atoms. The summed E-state index contributed by atoms with van der Waals surface area (Å²) in [4.78, 5) is 10.9. The number of rotatable bonds is 4. The molecular weight excluding hydrogens is 188 g/mol. The van der Waals surface area contributed by atoms with Gasteiger partial charge in [0.05, 0.1) is 5.92 Å². The summed E-state index contributed by atoms with van der Waals surface area (Å²) in [5.41, 5.74) is 3.53. The zero-order valence-electron chi connectivity index (χ0n) is 9.58. The summed E-state index contributed by atoms with van der Waals surface area (Å²) in [6, 6.07) is 6.24. The number of benzene rings is 1. The van der Waals surface area contributed by atoms with E-state index >= 15 is 0 Å². The number of carboxylic acids is 1. The van der Waals surface area contributed by atoms with Crippen LogP contribution < -0.4 is 0 Å². The van der Waals surface area contributed by atoms with Crippen LogP contribution in [0.4, 0.5) is 0 Å². The molecular formula is C13H18O2. The van der Waals surface area contributed by atoms with Crippen LogP contribution in [0.3, 0.4) is 0 Å². The van der Waals surface area contributed by atoms with Gasteiger partial charge in [-0.15, -0.1) is 0 Å². The van der Waals surface area contributed by atoms with Crippen molar-refractivity contribution in [2.24, 2.45) is 5.92 Å². The summed E-state index contributed by atoms with van der Waals surface area (Å²) >= 11 is 0. The number of carbonyl (C=O) groups is 1. The lowest BCUT2D eigenvalue weighted by molar-refractivity contribution is -0.141. The van der Waals surface area contributed by atoms with E-state index in [2.05, 4.69) is 18.2 Å². The molecule has 0 aliphatic heterocycles. The lowest BCUT2D eigenvalue weighted by atomic mass is 9.95. The fourth-order valence-corrected chi connectivity index (χ4v) is 1.88. The third-order valence-electron chi connectivity index (χ3n) is 2.61. The fourth-order valence-electron chi connectivity index (χ4n) is 1.88. The first-order valence-electron chi connectivity index (χ1n) is 5.33. The van der Waals surface area contributed by atoms with Gasteiger partial charge in [-0.2, -0.15) is 0 Å².